The highest BCUT2D eigenvalue weighted by Crippen LogP contribution is 2.25. The van der Waals surface area contributed by atoms with Gasteiger partial charge in [0.15, 0.2) is 6.10 Å². The van der Waals surface area contributed by atoms with Crippen molar-refractivity contribution < 1.29 is 23.9 Å². The standard InChI is InChI=1S/C21H20N2O5/c1-13(23-19(25)16-11-7-8-12-17(16)20(23)26)21(27)28-14(2)18(24)22(3)15-9-5-4-6-10-15/h4-14H,1-3H3/t13-,14+/m1/s1. The fraction of sp³-hybridized carbons (Fsp3) is 0.238. The highest BCUT2D eigenvalue weighted by atomic mass is 16.5. The Morgan fingerprint density at radius 1 is 0.893 bits per heavy atom. The Morgan fingerprint density at radius 2 is 1.39 bits per heavy atom. The van der Waals surface area contributed by atoms with E-state index < -0.39 is 35.8 Å². The van der Waals surface area contributed by atoms with Crippen molar-refractivity contribution in [2.24, 2.45) is 0 Å². The first-order chi connectivity index (χ1) is 13.3. The number of rotatable bonds is 5. The molecule has 0 aromatic heterocycles. The topological polar surface area (TPSA) is 84.0 Å². The minimum absolute atomic E-state index is 0.250. The van der Waals surface area contributed by atoms with Crippen LogP contribution in [0.5, 0.6) is 0 Å². The molecule has 7 heteroatoms. The van der Waals surface area contributed by atoms with Gasteiger partial charge in [0, 0.05) is 12.7 Å². The van der Waals surface area contributed by atoms with Gasteiger partial charge in [-0.15, -0.1) is 0 Å². The van der Waals surface area contributed by atoms with Crippen molar-refractivity contribution >= 4 is 29.4 Å². The van der Waals surface area contributed by atoms with Crippen LogP contribution in [0.15, 0.2) is 54.6 Å². The number of imide groups is 1. The first kappa shape index (κ1) is 19.3. The first-order valence-electron chi connectivity index (χ1n) is 8.83. The van der Waals surface area contributed by atoms with E-state index in [0.717, 1.165) is 4.90 Å². The molecule has 0 bridgehead atoms. The maximum absolute atomic E-state index is 12.5. The smallest absolute Gasteiger partial charge is 0.329 e. The zero-order valence-corrected chi connectivity index (χ0v) is 15.8. The van der Waals surface area contributed by atoms with E-state index in [2.05, 4.69) is 0 Å². The van der Waals surface area contributed by atoms with Crippen molar-refractivity contribution in [1.82, 2.24) is 4.90 Å². The fourth-order valence-electron chi connectivity index (χ4n) is 3.04. The molecule has 0 fully saturated rings. The maximum atomic E-state index is 12.5. The van der Waals surface area contributed by atoms with Crippen molar-refractivity contribution in [3.05, 3.63) is 65.7 Å². The van der Waals surface area contributed by atoms with E-state index in [9.17, 15) is 19.2 Å². The Kier molecular flexibility index (Phi) is 5.26. The van der Waals surface area contributed by atoms with Gasteiger partial charge < -0.3 is 9.64 Å². The Balaban J connectivity index is 1.68. The fourth-order valence-corrected chi connectivity index (χ4v) is 3.04. The van der Waals surface area contributed by atoms with Crippen LogP contribution in [0, 0.1) is 0 Å². The molecule has 3 amide bonds. The molecule has 0 N–H and O–H groups in total. The lowest BCUT2D eigenvalue weighted by Gasteiger charge is -2.25. The molecule has 2 aromatic carbocycles. The summed E-state index contributed by atoms with van der Waals surface area (Å²) >= 11 is 0. The molecular weight excluding hydrogens is 360 g/mol. The number of amides is 3. The monoisotopic (exact) mass is 380 g/mol. The quantitative estimate of drug-likeness (QED) is 0.587. The number of hydrogen-bond donors (Lipinski definition) is 0. The van der Waals surface area contributed by atoms with Crippen LogP contribution in [-0.2, 0) is 14.3 Å². The number of fused-ring (bicyclic) bond motifs is 1. The second-order valence-electron chi connectivity index (χ2n) is 6.51. The second-order valence-corrected chi connectivity index (χ2v) is 6.51. The average molecular weight is 380 g/mol. The van der Waals surface area contributed by atoms with Gasteiger partial charge in [0.25, 0.3) is 17.7 Å². The van der Waals surface area contributed by atoms with Crippen molar-refractivity contribution in [3.8, 4) is 0 Å². The molecule has 0 spiro atoms. The van der Waals surface area contributed by atoms with Crippen LogP contribution in [0.25, 0.3) is 0 Å². The molecule has 0 aliphatic carbocycles. The van der Waals surface area contributed by atoms with E-state index in [4.69, 9.17) is 4.74 Å². The summed E-state index contributed by atoms with van der Waals surface area (Å²) in [6, 6.07) is 14.2. The summed E-state index contributed by atoms with van der Waals surface area (Å²) in [5.74, 6) is -2.35. The van der Waals surface area contributed by atoms with E-state index in [1.807, 2.05) is 6.07 Å². The molecular formula is C21H20N2O5. The first-order valence-corrected chi connectivity index (χ1v) is 8.83. The summed E-state index contributed by atoms with van der Waals surface area (Å²) < 4.78 is 5.25. The van der Waals surface area contributed by atoms with Gasteiger partial charge in [-0.3, -0.25) is 19.3 Å². The van der Waals surface area contributed by atoms with E-state index in [-0.39, 0.29) is 11.1 Å². The lowest BCUT2D eigenvalue weighted by molar-refractivity contribution is -0.157. The van der Waals surface area contributed by atoms with Gasteiger partial charge in [0.2, 0.25) is 0 Å². The van der Waals surface area contributed by atoms with Gasteiger partial charge in [-0.25, -0.2) is 4.79 Å². The summed E-state index contributed by atoms with van der Waals surface area (Å²) in [5, 5.41) is 0. The largest absolute Gasteiger partial charge is 0.451 e. The van der Waals surface area contributed by atoms with E-state index >= 15 is 0 Å². The summed E-state index contributed by atoms with van der Waals surface area (Å²) in [6.07, 6.45) is -1.07. The molecule has 3 rings (SSSR count). The summed E-state index contributed by atoms with van der Waals surface area (Å²) in [4.78, 5) is 52.3. The Hall–Kier alpha value is -3.48. The number of ether oxygens (including phenoxy) is 1. The minimum Gasteiger partial charge on any atom is -0.451 e. The third-order valence-corrected chi connectivity index (χ3v) is 4.67. The summed E-state index contributed by atoms with van der Waals surface area (Å²) in [7, 11) is 1.58. The number of nitrogens with zero attached hydrogens (tertiary/aromatic N) is 2. The van der Waals surface area contributed by atoms with Crippen molar-refractivity contribution in [2.45, 2.75) is 26.0 Å². The number of para-hydroxylation sites is 1. The molecule has 0 unspecified atom stereocenters. The molecule has 1 aliphatic rings. The SMILES string of the molecule is C[C@H](OC(=O)[C@@H](C)N1C(=O)c2ccccc2C1=O)C(=O)N(C)c1ccccc1. The number of likely N-dealkylation sites (N-methyl/N-ethyl adjacent to an activating group) is 1. The van der Waals surface area contributed by atoms with Gasteiger partial charge in [0.05, 0.1) is 11.1 Å². The summed E-state index contributed by atoms with van der Waals surface area (Å²) in [5.41, 5.74) is 1.16. The number of hydrogen-bond acceptors (Lipinski definition) is 5. The molecule has 0 saturated heterocycles. The number of carbonyl (C=O) groups is 4. The lowest BCUT2D eigenvalue weighted by atomic mass is 10.1. The second kappa shape index (κ2) is 7.64. The predicted octanol–water partition coefficient (Wildman–Crippen LogP) is 2.27. The number of esters is 1. The third-order valence-electron chi connectivity index (χ3n) is 4.67. The van der Waals surface area contributed by atoms with E-state index in [1.165, 1.54) is 30.9 Å². The highest BCUT2D eigenvalue weighted by Gasteiger charge is 2.41. The molecule has 144 valence electrons. The van der Waals surface area contributed by atoms with Crippen molar-refractivity contribution in [2.75, 3.05) is 11.9 Å². The van der Waals surface area contributed by atoms with Crippen LogP contribution in [0.3, 0.4) is 0 Å². The molecule has 1 heterocycles. The van der Waals surface area contributed by atoms with Gasteiger partial charge in [-0.2, -0.15) is 0 Å². The van der Waals surface area contributed by atoms with Crippen LogP contribution in [0.2, 0.25) is 0 Å². The molecule has 2 aromatic rings. The highest BCUT2D eigenvalue weighted by molar-refractivity contribution is 6.22. The minimum atomic E-state index is -1.15. The van der Waals surface area contributed by atoms with Crippen LogP contribution in [0.1, 0.15) is 34.6 Å². The Labute approximate surface area is 162 Å². The molecule has 0 saturated carbocycles. The molecule has 1 aliphatic heterocycles. The number of anilines is 1. The average Bonchev–Trinajstić information content (AvgIpc) is 2.97. The van der Waals surface area contributed by atoms with Crippen LogP contribution < -0.4 is 4.90 Å². The molecule has 0 radical (unpaired) electrons. The Bertz CT molecular complexity index is 906. The van der Waals surface area contributed by atoms with Crippen LogP contribution in [0.4, 0.5) is 5.69 Å². The zero-order chi connectivity index (χ0) is 20.4. The zero-order valence-electron chi connectivity index (χ0n) is 15.8. The van der Waals surface area contributed by atoms with Crippen LogP contribution >= 0.6 is 0 Å². The lowest BCUT2D eigenvalue weighted by Crippen LogP contribution is -2.46. The van der Waals surface area contributed by atoms with Gasteiger partial charge in [-0.05, 0) is 38.1 Å². The Morgan fingerprint density at radius 3 is 1.93 bits per heavy atom. The van der Waals surface area contributed by atoms with Crippen LogP contribution in [-0.4, -0.2) is 47.8 Å². The van der Waals surface area contributed by atoms with E-state index in [1.54, 1.807) is 43.4 Å². The predicted molar refractivity (Wildman–Crippen MR) is 102 cm³/mol. The maximum Gasteiger partial charge on any atom is 0.329 e. The van der Waals surface area contributed by atoms with Gasteiger partial charge >= 0.3 is 5.97 Å². The third kappa shape index (κ3) is 3.38. The number of benzene rings is 2. The normalized spacial score (nSPS) is 15.0. The molecule has 7 nitrogen and oxygen atoms in total. The molecule has 2 atom stereocenters. The van der Waals surface area contributed by atoms with Crippen molar-refractivity contribution in [1.29, 1.82) is 0 Å². The summed E-state index contributed by atoms with van der Waals surface area (Å²) in [6.45, 7) is 2.86. The van der Waals surface area contributed by atoms with Gasteiger partial charge in [0.1, 0.15) is 6.04 Å². The van der Waals surface area contributed by atoms with Crippen molar-refractivity contribution in [3.63, 3.8) is 0 Å². The van der Waals surface area contributed by atoms with E-state index in [0.29, 0.717) is 5.69 Å². The number of carbonyl (C=O) groups excluding carboxylic acids is 4. The van der Waals surface area contributed by atoms with Gasteiger partial charge in [-0.1, -0.05) is 30.3 Å². The molecule has 28 heavy (non-hydrogen) atoms.